The van der Waals surface area contributed by atoms with Crippen LogP contribution in [0.15, 0.2) is 109 Å². The first-order valence-electron chi connectivity index (χ1n) is 17.3. The lowest BCUT2D eigenvalue weighted by Gasteiger charge is -2.50. The second-order valence-electron chi connectivity index (χ2n) is 14.4. The maximum atomic E-state index is 9.37. The molecule has 6 aromatic rings. The van der Waals surface area contributed by atoms with Crippen LogP contribution in [0, 0.1) is 40.4 Å². The van der Waals surface area contributed by atoms with E-state index in [1.807, 2.05) is 30.3 Å². The maximum Gasteiger partial charge on any atom is 0.164 e. The molecule has 238 valence electrons. The van der Waals surface area contributed by atoms with Crippen molar-refractivity contribution in [1.82, 2.24) is 15.0 Å². The summed E-state index contributed by atoms with van der Waals surface area (Å²) < 4.78 is 0. The zero-order valence-corrected chi connectivity index (χ0v) is 27.9. The molecule has 0 saturated heterocycles. The summed E-state index contributed by atoms with van der Waals surface area (Å²) in [6.07, 6.45) is 6.65. The van der Waals surface area contributed by atoms with Crippen LogP contribution in [0.1, 0.15) is 62.6 Å². The Balaban J connectivity index is 1.25. The molecule has 2 saturated carbocycles. The monoisotopic (exact) mass is 635 g/mol. The molecule has 0 aliphatic heterocycles. The van der Waals surface area contributed by atoms with Gasteiger partial charge in [-0.3, -0.25) is 0 Å². The predicted molar refractivity (Wildman–Crippen MR) is 195 cm³/mol. The number of hydrogen-bond acceptors (Lipinski definition) is 5. The summed E-state index contributed by atoms with van der Waals surface area (Å²) in [5.41, 5.74) is 7.74. The van der Waals surface area contributed by atoms with E-state index in [1.54, 1.807) is 24.3 Å². The van der Waals surface area contributed by atoms with Gasteiger partial charge in [0.05, 0.1) is 23.3 Å². The van der Waals surface area contributed by atoms with Crippen LogP contribution in [0.2, 0.25) is 0 Å². The lowest BCUT2D eigenvalue weighted by Crippen LogP contribution is -2.42. The van der Waals surface area contributed by atoms with Gasteiger partial charge < -0.3 is 0 Å². The van der Waals surface area contributed by atoms with E-state index in [-0.39, 0.29) is 0 Å². The third-order valence-corrected chi connectivity index (χ3v) is 10.7. The predicted octanol–water partition coefficient (Wildman–Crippen LogP) is 10.5. The number of aromatic nitrogens is 3. The highest BCUT2D eigenvalue weighted by Gasteiger charge is 2.45. The Morgan fingerprint density at radius 3 is 1.67 bits per heavy atom. The van der Waals surface area contributed by atoms with Crippen molar-refractivity contribution in [2.75, 3.05) is 0 Å². The molecule has 0 amide bonds. The number of nitrogens with zero attached hydrogens (tertiary/aromatic N) is 5. The average molecular weight is 636 g/mol. The molecule has 4 atom stereocenters. The van der Waals surface area contributed by atoms with Gasteiger partial charge in [0, 0.05) is 16.7 Å². The Bertz CT molecular complexity index is 2160. The third-order valence-electron chi connectivity index (χ3n) is 10.7. The Labute approximate surface area is 288 Å². The molecule has 2 fully saturated rings. The van der Waals surface area contributed by atoms with E-state index in [0.717, 1.165) is 50.8 Å². The van der Waals surface area contributed by atoms with E-state index in [2.05, 4.69) is 80.6 Å². The minimum absolute atomic E-state index is 0.293. The maximum absolute atomic E-state index is 9.37. The molecule has 2 bridgehead atoms. The van der Waals surface area contributed by atoms with E-state index in [0.29, 0.717) is 34.0 Å². The summed E-state index contributed by atoms with van der Waals surface area (Å²) in [6.45, 7) is 4.89. The van der Waals surface area contributed by atoms with Crippen LogP contribution in [0.3, 0.4) is 0 Å². The van der Waals surface area contributed by atoms with Crippen molar-refractivity contribution in [1.29, 1.82) is 10.5 Å². The molecule has 0 N–H and O–H groups in total. The molecule has 8 rings (SSSR count). The van der Waals surface area contributed by atoms with Crippen molar-refractivity contribution in [3.63, 3.8) is 0 Å². The summed E-state index contributed by atoms with van der Waals surface area (Å²) in [7, 11) is 0. The van der Waals surface area contributed by atoms with E-state index in [9.17, 15) is 10.5 Å². The SMILES string of the molecule is C[C@@H]1C[C@@H]2C[C@H](C)CC(c3ccc(-c4cc(-c5nc(-c6ccc(C#N)cc6)nc(-c6ccc(C#N)cc6)n5)c5ccccc5c4)cc3)(C1)C2. The van der Waals surface area contributed by atoms with E-state index in [4.69, 9.17) is 15.0 Å². The zero-order chi connectivity index (χ0) is 33.5. The molecule has 0 radical (unpaired) electrons. The summed E-state index contributed by atoms with van der Waals surface area (Å²) >= 11 is 0. The zero-order valence-electron chi connectivity index (χ0n) is 27.9. The summed E-state index contributed by atoms with van der Waals surface area (Å²) in [5, 5.41) is 20.9. The summed E-state index contributed by atoms with van der Waals surface area (Å²) in [5.74, 6) is 4.01. The molecule has 2 aliphatic rings. The van der Waals surface area contributed by atoms with Crippen molar-refractivity contribution < 1.29 is 0 Å². The molecular weight excluding hydrogens is 599 g/mol. The number of hydrogen-bond donors (Lipinski definition) is 0. The largest absolute Gasteiger partial charge is 0.208 e. The molecule has 5 heteroatoms. The van der Waals surface area contributed by atoms with Gasteiger partial charge in [-0.25, -0.2) is 15.0 Å². The highest BCUT2D eigenvalue weighted by Crippen LogP contribution is 2.54. The van der Waals surface area contributed by atoms with Crippen LogP contribution < -0.4 is 0 Å². The van der Waals surface area contributed by atoms with Gasteiger partial charge in [-0.15, -0.1) is 0 Å². The minimum Gasteiger partial charge on any atom is -0.208 e. The van der Waals surface area contributed by atoms with Crippen molar-refractivity contribution in [3.05, 3.63) is 126 Å². The second kappa shape index (κ2) is 12.4. The van der Waals surface area contributed by atoms with Crippen LogP contribution >= 0.6 is 0 Å². The average Bonchev–Trinajstić information content (AvgIpc) is 3.13. The topological polar surface area (TPSA) is 86.2 Å². The van der Waals surface area contributed by atoms with Gasteiger partial charge in [0.2, 0.25) is 0 Å². The van der Waals surface area contributed by atoms with Crippen molar-refractivity contribution in [2.24, 2.45) is 17.8 Å². The van der Waals surface area contributed by atoms with Crippen LogP contribution in [0.25, 0.3) is 56.1 Å². The van der Waals surface area contributed by atoms with Crippen LogP contribution in [-0.2, 0) is 5.41 Å². The molecule has 1 heterocycles. The highest BCUT2D eigenvalue weighted by molar-refractivity contribution is 5.99. The van der Waals surface area contributed by atoms with Gasteiger partial charge in [-0.1, -0.05) is 62.4 Å². The lowest BCUT2D eigenvalue weighted by atomic mass is 9.54. The number of rotatable bonds is 5. The number of fused-ring (bicyclic) bond motifs is 3. The van der Waals surface area contributed by atoms with Gasteiger partial charge in [0.15, 0.2) is 17.5 Å². The number of nitriles is 2. The smallest absolute Gasteiger partial charge is 0.164 e. The summed E-state index contributed by atoms with van der Waals surface area (Å²) in [4.78, 5) is 15.0. The highest BCUT2D eigenvalue weighted by atomic mass is 15.0. The van der Waals surface area contributed by atoms with Gasteiger partial charge in [-0.2, -0.15) is 10.5 Å². The first kappa shape index (κ1) is 30.7. The van der Waals surface area contributed by atoms with Crippen molar-refractivity contribution in [3.8, 4) is 57.4 Å². The molecule has 5 nitrogen and oxygen atoms in total. The quantitative estimate of drug-likeness (QED) is 0.188. The van der Waals surface area contributed by atoms with Crippen LogP contribution in [0.4, 0.5) is 0 Å². The Morgan fingerprint density at radius 2 is 1.10 bits per heavy atom. The molecule has 1 unspecified atom stereocenters. The molecule has 2 aliphatic carbocycles. The standard InChI is InChI=1S/C44H37N5/c1-28-19-32-20-29(2)24-44(23-28,25-32)38-17-15-33(16-18-38)37-21-36-5-3-4-6-39(36)40(22-37)43-48-41(34-11-7-30(26-45)8-12-34)47-42(49-43)35-13-9-31(27-46)10-14-35/h3-18,21-22,28-29,32H,19-20,23-25H2,1-2H3/t28-,29+,32-,44?. The normalized spacial score (nSPS) is 21.5. The fraction of sp³-hybridized carbons (Fsp3) is 0.250. The Hall–Kier alpha value is -5.65. The van der Waals surface area contributed by atoms with Crippen molar-refractivity contribution in [2.45, 2.75) is 51.4 Å². The van der Waals surface area contributed by atoms with Gasteiger partial charge >= 0.3 is 0 Å². The van der Waals surface area contributed by atoms with Crippen molar-refractivity contribution >= 4 is 10.8 Å². The Morgan fingerprint density at radius 1 is 0.571 bits per heavy atom. The van der Waals surface area contributed by atoms with Gasteiger partial charge in [0.25, 0.3) is 0 Å². The molecule has 1 aromatic heterocycles. The van der Waals surface area contributed by atoms with Gasteiger partial charge in [0.1, 0.15) is 0 Å². The fourth-order valence-corrected chi connectivity index (χ4v) is 8.88. The first-order valence-corrected chi connectivity index (χ1v) is 17.3. The van der Waals surface area contributed by atoms with E-state index < -0.39 is 0 Å². The Kier molecular flexibility index (Phi) is 7.77. The lowest BCUT2D eigenvalue weighted by molar-refractivity contribution is 0.0780. The van der Waals surface area contributed by atoms with Gasteiger partial charge in [-0.05, 0) is 143 Å². The second-order valence-corrected chi connectivity index (χ2v) is 14.4. The fourth-order valence-electron chi connectivity index (χ4n) is 8.88. The molecule has 0 spiro atoms. The molecular formula is C44H37N5. The summed E-state index contributed by atoms with van der Waals surface area (Å²) in [6, 6.07) is 41.2. The van der Waals surface area contributed by atoms with Crippen LogP contribution in [-0.4, -0.2) is 15.0 Å². The molecule has 5 aromatic carbocycles. The third kappa shape index (κ3) is 5.87. The molecule has 49 heavy (non-hydrogen) atoms. The number of benzene rings is 5. The van der Waals surface area contributed by atoms with Crippen LogP contribution in [0.5, 0.6) is 0 Å². The van der Waals surface area contributed by atoms with E-state index in [1.165, 1.54) is 43.2 Å². The van der Waals surface area contributed by atoms with E-state index >= 15 is 0 Å². The first-order chi connectivity index (χ1) is 23.9. The minimum atomic E-state index is 0.293.